The number of carbonyl (C=O) groups excluding carboxylic acids is 2. The number of esters is 1. The average Bonchev–Trinajstić information content (AvgIpc) is 3.29. The smallest absolute Gasteiger partial charge is 0.305 e. The second kappa shape index (κ2) is 54.0. The molecule has 0 aromatic heterocycles. The van der Waals surface area contributed by atoms with Crippen molar-refractivity contribution in [2.24, 2.45) is 0 Å². The summed E-state index contributed by atoms with van der Waals surface area (Å²) < 4.78 is 5.48. The number of hydrogen-bond acceptors (Lipinski definition) is 5. The molecule has 0 spiro atoms. The highest BCUT2D eigenvalue weighted by molar-refractivity contribution is 5.76. The quantitative estimate of drug-likeness (QED) is 0.0321. The van der Waals surface area contributed by atoms with E-state index in [9.17, 15) is 19.8 Å². The van der Waals surface area contributed by atoms with Gasteiger partial charge < -0.3 is 20.3 Å². The number of ether oxygens (including phenoxy) is 1. The molecular formula is C58H111NO5. The van der Waals surface area contributed by atoms with Crippen LogP contribution in [0.2, 0.25) is 0 Å². The summed E-state index contributed by atoms with van der Waals surface area (Å²) in [7, 11) is 0. The number of amides is 1. The summed E-state index contributed by atoms with van der Waals surface area (Å²) in [5.74, 6) is -0.0422. The lowest BCUT2D eigenvalue weighted by molar-refractivity contribution is -0.143. The van der Waals surface area contributed by atoms with Gasteiger partial charge in [-0.05, 0) is 77.0 Å². The number of hydrogen-bond donors (Lipinski definition) is 3. The Morgan fingerprint density at radius 2 is 0.734 bits per heavy atom. The molecule has 0 radical (unpaired) electrons. The Kier molecular flexibility index (Phi) is 52.6. The van der Waals surface area contributed by atoms with Crippen LogP contribution in [0.1, 0.15) is 309 Å². The summed E-state index contributed by atoms with van der Waals surface area (Å²) in [5.41, 5.74) is 0. The standard InChI is InChI=1S/C58H111NO5/c1-3-5-7-9-11-13-15-16-17-22-26-29-32-36-40-44-48-52-58(63)64-53-49-45-41-37-33-30-27-24-21-19-18-20-23-25-28-31-35-39-43-47-51-57(62)59-55(54-60)56(61)50-46-42-38-34-14-12-10-8-6-4-2/h16-18,20,55-56,60-61H,3-15,19,21-54H2,1-2H3,(H,59,62)/b17-16-,20-18-. The van der Waals surface area contributed by atoms with Crippen LogP contribution in [0.15, 0.2) is 24.3 Å². The molecule has 64 heavy (non-hydrogen) atoms. The van der Waals surface area contributed by atoms with Crippen molar-refractivity contribution in [3.05, 3.63) is 24.3 Å². The van der Waals surface area contributed by atoms with E-state index in [-0.39, 0.29) is 18.5 Å². The van der Waals surface area contributed by atoms with E-state index in [1.165, 1.54) is 231 Å². The molecule has 0 heterocycles. The van der Waals surface area contributed by atoms with Gasteiger partial charge in [0, 0.05) is 12.8 Å². The Morgan fingerprint density at radius 1 is 0.422 bits per heavy atom. The van der Waals surface area contributed by atoms with E-state index in [2.05, 4.69) is 43.5 Å². The molecule has 0 aliphatic rings. The van der Waals surface area contributed by atoms with E-state index in [0.717, 1.165) is 44.9 Å². The molecule has 0 bridgehead atoms. The van der Waals surface area contributed by atoms with E-state index in [1.54, 1.807) is 0 Å². The van der Waals surface area contributed by atoms with Crippen LogP contribution in [0.3, 0.4) is 0 Å². The Balaban J connectivity index is 3.40. The van der Waals surface area contributed by atoms with Gasteiger partial charge in [0.15, 0.2) is 0 Å². The number of unbranched alkanes of at least 4 members (excludes halogenated alkanes) is 38. The molecule has 0 aromatic rings. The van der Waals surface area contributed by atoms with Crippen molar-refractivity contribution in [3.8, 4) is 0 Å². The van der Waals surface area contributed by atoms with Crippen molar-refractivity contribution < 1.29 is 24.5 Å². The van der Waals surface area contributed by atoms with Gasteiger partial charge in [-0.15, -0.1) is 0 Å². The third-order valence-electron chi connectivity index (χ3n) is 13.2. The Morgan fingerprint density at radius 3 is 1.11 bits per heavy atom. The highest BCUT2D eigenvalue weighted by Gasteiger charge is 2.20. The van der Waals surface area contributed by atoms with Crippen molar-refractivity contribution >= 4 is 11.9 Å². The Labute approximate surface area is 399 Å². The van der Waals surface area contributed by atoms with Gasteiger partial charge in [0.1, 0.15) is 0 Å². The lowest BCUT2D eigenvalue weighted by Crippen LogP contribution is -2.45. The average molecular weight is 903 g/mol. The first-order valence-corrected chi connectivity index (χ1v) is 28.6. The minimum atomic E-state index is -0.668. The van der Waals surface area contributed by atoms with Crippen molar-refractivity contribution in [2.45, 2.75) is 321 Å². The molecule has 0 saturated carbocycles. The first kappa shape index (κ1) is 62.3. The third kappa shape index (κ3) is 49.8. The van der Waals surface area contributed by atoms with Crippen molar-refractivity contribution in [1.82, 2.24) is 5.32 Å². The summed E-state index contributed by atoms with van der Waals surface area (Å²) in [5, 5.41) is 23.1. The van der Waals surface area contributed by atoms with Crippen molar-refractivity contribution in [2.75, 3.05) is 13.2 Å². The summed E-state index contributed by atoms with van der Waals surface area (Å²) in [4.78, 5) is 24.5. The van der Waals surface area contributed by atoms with E-state index in [1.807, 2.05) is 0 Å². The Bertz CT molecular complexity index is 997. The van der Waals surface area contributed by atoms with E-state index >= 15 is 0 Å². The highest BCUT2D eigenvalue weighted by atomic mass is 16.5. The molecule has 0 aliphatic carbocycles. The largest absolute Gasteiger partial charge is 0.466 e. The van der Waals surface area contributed by atoms with Gasteiger partial charge in [0.2, 0.25) is 5.91 Å². The van der Waals surface area contributed by atoms with Gasteiger partial charge >= 0.3 is 5.97 Å². The second-order valence-corrected chi connectivity index (χ2v) is 19.6. The van der Waals surface area contributed by atoms with Crippen LogP contribution in [0, 0.1) is 0 Å². The molecule has 1 amide bonds. The van der Waals surface area contributed by atoms with Gasteiger partial charge in [-0.25, -0.2) is 0 Å². The number of allylic oxidation sites excluding steroid dienone is 4. The van der Waals surface area contributed by atoms with Crippen LogP contribution >= 0.6 is 0 Å². The monoisotopic (exact) mass is 902 g/mol. The lowest BCUT2D eigenvalue weighted by atomic mass is 10.0. The predicted octanol–water partition coefficient (Wildman–Crippen LogP) is 17.5. The molecule has 2 unspecified atom stereocenters. The molecule has 6 nitrogen and oxygen atoms in total. The normalized spacial score (nSPS) is 12.8. The van der Waals surface area contributed by atoms with Crippen LogP contribution in [0.5, 0.6) is 0 Å². The number of aliphatic hydroxyl groups is 2. The van der Waals surface area contributed by atoms with Gasteiger partial charge in [-0.1, -0.05) is 244 Å². The van der Waals surface area contributed by atoms with Crippen LogP contribution < -0.4 is 5.32 Å². The van der Waals surface area contributed by atoms with Crippen molar-refractivity contribution in [1.29, 1.82) is 0 Å². The maximum Gasteiger partial charge on any atom is 0.305 e. The summed E-state index contributed by atoms with van der Waals surface area (Å²) in [6.07, 6.45) is 64.6. The zero-order valence-electron chi connectivity index (χ0n) is 43.0. The fraction of sp³-hybridized carbons (Fsp3) is 0.897. The first-order valence-electron chi connectivity index (χ1n) is 28.6. The minimum Gasteiger partial charge on any atom is -0.466 e. The van der Waals surface area contributed by atoms with Crippen molar-refractivity contribution in [3.63, 3.8) is 0 Å². The maximum atomic E-state index is 12.4. The molecule has 0 saturated heterocycles. The topological polar surface area (TPSA) is 95.9 Å². The predicted molar refractivity (Wildman–Crippen MR) is 278 cm³/mol. The highest BCUT2D eigenvalue weighted by Crippen LogP contribution is 2.16. The molecule has 3 N–H and O–H groups in total. The lowest BCUT2D eigenvalue weighted by Gasteiger charge is -2.22. The van der Waals surface area contributed by atoms with E-state index in [4.69, 9.17) is 4.74 Å². The maximum absolute atomic E-state index is 12.4. The minimum absolute atomic E-state index is 0.00284. The van der Waals surface area contributed by atoms with Gasteiger partial charge in [0.05, 0.1) is 25.4 Å². The Hall–Kier alpha value is -1.66. The van der Waals surface area contributed by atoms with Crippen LogP contribution in [-0.2, 0) is 14.3 Å². The molecule has 0 fully saturated rings. The number of aliphatic hydroxyl groups excluding tert-OH is 2. The van der Waals surface area contributed by atoms with Gasteiger partial charge in [-0.3, -0.25) is 9.59 Å². The van der Waals surface area contributed by atoms with E-state index in [0.29, 0.717) is 25.9 Å². The zero-order valence-corrected chi connectivity index (χ0v) is 43.0. The fourth-order valence-electron chi connectivity index (χ4n) is 8.81. The SMILES string of the molecule is CCCCCCCC/C=C\CCCCCCCCCC(=O)OCCCCCCCCCCC/C=C\CCCCCCCCCC(=O)NC(CO)C(O)CCCCCCCCCCCC. The van der Waals surface area contributed by atoms with Gasteiger partial charge in [-0.2, -0.15) is 0 Å². The molecular weight excluding hydrogens is 791 g/mol. The molecule has 0 rings (SSSR count). The molecule has 378 valence electrons. The molecule has 0 aromatic carbocycles. The van der Waals surface area contributed by atoms with E-state index < -0.39 is 12.1 Å². The summed E-state index contributed by atoms with van der Waals surface area (Å²) in [6.45, 7) is 4.93. The summed E-state index contributed by atoms with van der Waals surface area (Å²) in [6, 6.07) is -0.546. The molecule has 2 atom stereocenters. The summed E-state index contributed by atoms with van der Waals surface area (Å²) >= 11 is 0. The number of carbonyl (C=O) groups is 2. The zero-order chi connectivity index (χ0) is 46.5. The second-order valence-electron chi connectivity index (χ2n) is 19.6. The number of nitrogens with one attached hydrogen (secondary N) is 1. The van der Waals surface area contributed by atoms with Gasteiger partial charge in [0.25, 0.3) is 0 Å². The first-order chi connectivity index (χ1) is 31.5. The number of rotatable bonds is 53. The third-order valence-corrected chi connectivity index (χ3v) is 13.2. The van der Waals surface area contributed by atoms with Crippen LogP contribution in [-0.4, -0.2) is 47.4 Å². The van der Waals surface area contributed by atoms with Crippen LogP contribution in [0.4, 0.5) is 0 Å². The molecule has 0 aliphatic heterocycles. The fourth-order valence-corrected chi connectivity index (χ4v) is 8.81. The van der Waals surface area contributed by atoms with Crippen LogP contribution in [0.25, 0.3) is 0 Å². The molecule has 6 heteroatoms.